The van der Waals surface area contributed by atoms with Gasteiger partial charge in [-0.2, -0.15) is 5.10 Å². The van der Waals surface area contributed by atoms with Crippen LogP contribution in [0.2, 0.25) is 0 Å². The van der Waals surface area contributed by atoms with Crippen molar-refractivity contribution in [1.29, 1.82) is 0 Å². The van der Waals surface area contributed by atoms with Gasteiger partial charge >= 0.3 is 0 Å². The Morgan fingerprint density at radius 2 is 2.25 bits per heavy atom. The van der Waals surface area contributed by atoms with Gasteiger partial charge in [0.05, 0.1) is 19.5 Å². The smallest absolute Gasteiger partial charge is 0.178 e. The van der Waals surface area contributed by atoms with Crippen molar-refractivity contribution in [2.24, 2.45) is 0 Å². The molecule has 0 spiro atoms. The van der Waals surface area contributed by atoms with Crippen molar-refractivity contribution in [1.82, 2.24) is 14.8 Å². The summed E-state index contributed by atoms with van der Waals surface area (Å²) in [5.74, 6) is 1.17. The molecular formula is C11H11N3O2. The van der Waals surface area contributed by atoms with Gasteiger partial charge in [0, 0.05) is 6.92 Å². The average Bonchev–Trinajstić information content (AvgIpc) is 2.77. The highest BCUT2D eigenvalue weighted by Gasteiger charge is 2.05. The summed E-state index contributed by atoms with van der Waals surface area (Å²) in [7, 11) is 1.57. The summed E-state index contributed by atoms with van der Waals surface area (Å²) >= 11 is 0. The molecule has 2 heterocycles. The Bertz CT molecular complexity index is 519. The van der Waals surface area contributed by atoms with Crippen molar-refractivity contribution in [3.05, 3.63) is 36.3 Å². The molecule has 5 heteroatoms. The second-order valence-corrected chi connectivity index (χ2v) is 3.26. The molecule has 0 amide bonds. The van der Waals surface area contributed by atoms with Crippen LogP contribution >= 0.6 is 0 Å². The minimum absolute atomic E-state index is 0.0685. The molecule has 2 aromatic heterocycles. The van der Waals surface area contributed by atoms with E-state index in [1.807, 2.05) is 0 Å². The predicted octanol–water partition coefficient (Wildman–Crippen LogP) is 1.48. The third-order valence-electron chi connectivity index (χ3n) is 2.12. The van der Waals surface area contributed by atoms with E-state index in [0.717, 1.165) is 0 Å². The molecule has 82 valence electrons. The van der Waals surface area contributed by atoms with Crippen LogP contribution in [0.15, 0.2) is 30.6 Å². The van der Waals surface area contributed by atoms with E-state index < -0.39 is 0 Å². The van der Waals surface area contributed by atoms with E-state index in [9.17, 15) is 4.79 Å². The lowest BCUT2D eigenvalue weighted by Gasteiger charge is -2.01. The maximum atomic E-state index is 11.2. The second kappa shape index (κ2) is 4.14. The number of ketones is 1. The fraction of sp³-hybridized carbons (Fsp3) is 0.182. The van der Waals surface area contributed by atoms with Gasteiger partial charge < -0.3 is 4.74 Å². The van der Waals surface area contributed by atoms with E-state index in [-0.39, 0.29) is 5.78 Å². The summed E-state index contributed by atoms with van der Waals surface area (Å²) in [5, 5.41) is 4.08. The first kappa shape index (κ1) is 10.4. The Kier molecular flexibility index (Phi) is 2.68. The molecule has 2 aromatic rings. The Morgan fingerprint density at radius 3 is 2.88 bits per heavy atom. The van der Waals surface area contributed by atoms with Crippen LogP contribution in [-0.4, -0.2) is 27.7 Å². The van der Waals surface area contributed by atoms with E-state index in [0.29, 0.717) is 17.3 Å². The number of aromatic nitrogens is 3. The van der Waals surface area contributed by atoms with E-state index >= 15 is 0 Å². The topological polar surface area (TPSA) is 57.0 Å². The van der Waals surface area contributed by atoms with Gasteiger partial charge in [0.25, 0.3) is 0 Å². The van der Waals surface area contributed by atoms with Crippen molar-refractivity contribution < 1.29 is 9.53 Å². The molecule has 0 saturated carbocycles. The van der Waals surface area contributed by atoms with Crippen LogP contribution in [0.1, 0.15) is 17.4 Å². The highest BCUT2D eigenvalue weighted by molar-refractivity contribution is 5.92. The van der Waals surface area contributed by atoms with Crippen LogP contribution in [0.3, 0.4) is 0 Å². The van der Waals surface area contributed by atoms with E-state index in [1.54, 1.807) is 42.4 Å². The SMILES string of the molecule is COc1cnn(-c2cccc(C(C)=O)n2)c1. The van der Waals surface area contributed by atoms with Gasteiger partial charge in [-0.25, -0.2) is 9.67 Å². The van der Waals surface area contributed by atoms with Crippen LogP contribution in [0, 0.1) is 0 Å². The zero-order chi connectivity index (χ0) is 11.5. The summed E-state index contributed by atoms with van der Waals surface area (Å²) in [5.41, 5.74) is 0.423. The van der Waals surface area contributed by atoms with Gasteiger partial charge in [-0.1, -0.05) is 6.07 Å². The van der Waals surface area contributed by atoms with Crippen molar-refractivity contribution in [3.63, 3.8) is 0 Å². The number of nitrogens with zero attached hydrogens (tertiary/aromatic N) is 3. The van der Waals surface area contributed by atoms with Crippen LogP contribution in [-0.2, 0) is 0 Å². The van der Waals surface area contributed by atoms with E-state index in [1.165, 1.54) is 6.92 Å². The highest BCUT2D eigenvalue weighted by Crippen LogP contribution is 2.11. The monoisotopic (exact) mass is 217 g/mol. The van der Waals surface area contributed by atoms with Gasteiger partial charge in [-0.3, -0.25) is 4.79 Å². The number of carbonyl (C=O) groups is 1. The molecule has 0 saturated heterocycles. The summed E-state index contributed by atoms with van der Waals surface area (Å²) in [6.45, 7) is 1.48. The summed E-state index contributed by atoms with van der Waals surface area (Å²) in [6.07, 6.45) is 3.29. The zero-order valence-corrected chi connectivity index (χ0v) is 9.04. The predicted molar refractivity (Wildman–Crippen MR) is 57.9 cm³/mol. The minimum atomic E-state index is -0.0685. The van der Waals surface area contributed by atoms with Crippen LogP contribution in [0.4, 0.5) is 0 Å². The fourth-order valence-electron chi connectivity index (χ4n) is 1.28. The Balaban J connectivity index is 2.40. The number of hydrogen-bond donors (Lipinski definition) is 0. The third-order valence-corrected chi connectivity index (χ3v) is 2.12. The quantitative estimate of drug-likeness (QED) is 0.731. The number of hydrogen-bond acceptors (Lipinski definition) is 4. The molecular weight excluding hydrogens is 206 g/mol. The molecule has 16 heavy (non-hydrogen) atoms. The zero-order valence-electron chi connectivity index (χ0n) is 9.04. The molecule has 0 aromatic carbocycles. The van der Waals surface area contributed by atoms with Crippen molar-refractivity contribution >= 4 is 5.78 Å². The second-order valence-electron chi connectivity index (χ2n) is 3.26. The Morgan fingerprint density at radius 1 is 1.44 bits per heavy atom. The molecule has 5 nitrogen and oxygen atoms in total. The lowest BCUT2D eigenvalue weighted by Crippen LogP contribution is -2.03. The molecule has 0 atom stereocenters. The van der Waals surface area contributed by atoms with E-state index in [4.69, 9.17) is 4.74 Å². The van der Waals surface area contributed by atoms with Gasteiger partial charge in [0.2, 0.25) is 0 Å². The number of carbonyl (C=O) groups excluding carboxylic acids is 1. The van der Waals surface area contributed by atoms with Crippen LogP contribution in [0.25, 0.3) is 5.82 Å². The molecule has 2 rings (SSSR count). The first-order valence-corrected chi connectivity index (χ1v) is 4.78. The van der Waals surface area contributed by atoms with Gasteiger partial charge in [0.1, 0.15) is 5.69 Å². The first-order chi connectivity index (χ1) is 7.70. The highest BCUT2D eigenvalue weighted by atomic mass is 16.5. The van der Waals surface area contributed by atoms with Crippen molar-refractivity contribution in [2.45, 2.75) is 6.92 Å². The number of rotatable bonds is 3. The number of methoxy groups -OCH3 is 1. The molecule has 0 aliphatic heterocycles. The Labute approximate surface area is 92.7 Å². The van der Waals surface area contributed by atoms with Gasteiger partial charge in [0.15, 0.2) is 17.4 Å². The lowest BCUT2D eigenvalue weighted by molar-refractivity contribution is 0.101. The first-order valence-electron chi connectivity index (χ1n) is 4.78. The molecule has 0 radical (unpaired) electrons. The number of pyridine rings is 1. The summed E-state index contributed by atoms with van der Waals surface area (Å²) in [4.78, 5) is 15.4. The number of Topliss-reactive ketones (excluding diaryl/α,β-unsaturated/α-hetero) is 1. The molecule has 0 N–H and O–H groups in total. The fourth-order valence-corrected chi connectivity index (χ4v) is 1.28. The minimum Gasteiger partial charge on any atom is -0.493 e. The number of ether oxygens (including phenoxy) is 1. The lowest BCUT2D eigenvalue weighted by atomic mass is 10.3. The molecule has 0 unspecified atom stereocenters. The van der Waals surface area contributed by atoms with Gasteiger partial charge in [-0.05, 0) is 12.1 Å². The summed E-state index contributed by atoms with van der Waals surface area (Å²) in [6, 6.07) is 5.22. The van der Waals surface area contributed by atoms with Crippen molar-refractivity contribution in [3.8, 4) is 11.6 Å². The molecule has 0 aliphatic rings. The van der Waals surface area contributed by atoms with Gasteiger partial charge in [-0.15, -0.1) is 0 Å². The largest absolute Gasteiger partial charge is 0.493 e. The van der Waals surface area contributed by atoms with Crippen LogP contribution in [0.5, 0.6) is 5.75 Å². The average molecular weight is 217 g/mol. The summed E-state index contributed by atoms with van der Waals surface area (Å²) < 4.78 is 6.58. The maximum absolute atomic E-state index is 11.2. The molecule has 0 aliphatic carbocycles. The normalized spacial score (nSPS) is 10.1. The maximum Gasteiger partial charge on any atom is 0.178 e. The van der Waals surface area contributed by atoms with Crippen LogP contribution < -0.4 is 4.74 Å². The van der Waals surface area contributed by atoms with E-state index in [2.05, 4.69) is 10.1 Å². The molecule has 0 fully saturated rings. The third kappa shape index (κ3) is 1.93. The molecule has 0 bridgehead atoms. The Hall–Kier alpha value is -2.17. The van der Waals surface area contributed by atoms with Crippen molar-refractivity contribution in [2.75, 3.05) is 7.11 Å². The standard InChI is InChI=1S/C11H11N3O2/c1-8(15)10-4-3-5-11(13-10)14-7-9(16-2)6-12-14/h3-7H,1-2H3.